The van der Waals surface area contributed by atoms with Crippen molar-refractivity contribution in [1.29, 1.82) is 0 Å². The lowest BCUT2D eigenvalue weighted by Gasteiger charge is -2.32. The maximum Gasteiger partial charge on any atom is 0.292 e. The number of rotatable bonds is 10. The number of amides is 3. The van der Waals surface area contributed by atoms with E-state index in [1.165, 1.54) is 23.5 Å². The zero-order valence-electron chi connectivity index (χ0n) is 32.1. The molecule has 0 aliphatic carbocycles. The van der Waals surface area contributed by atoms with Gasteiger partial charge in [0.15, 0.2) is 0 Å². The van der Waals surface area contributed by atoms with Crippen molar-refractivity contribution in [2.45, 2.75) is 76.9 Å². The molecule has 8 rings (SSSR count). The van der Waals surface area contributed by atoms with E-state index in [2.05, 4.69) is 77.5 Å². The summed E-state index contributed by atoms with van der Waals surface area (Å²) in [5.41, 5.74) is 7.28. The van der Waals surface area contributed by atoms with Crippen LogP contribution in [-0.4, -0.2) is 66.5 Å². The smallest absolute Gasteiger partial charge is 0.292 e. The maximum absolute atomic E-state index is 15.3. The summed E-state index contributed by atoms with van der Waals surface area (Å²) in [5.74, 6) is -0.772. The standard InChI is InChI=1S/C43H44FN9O4/c1-43(2,3)42-50-39(51-57-42)41(56)45-22-31-9-8-30(20-34(31)44)38-36-21-32(24-53(36)47-25-46-38)28-6-4-26(5-7-28)23-52-18-16-29(17-19-52)27-10-12-33(13-11-27)48-35-14-15-37(54)49-40(35)55/h4-13,20-21,24-25,29,35,48H,14-19,22-23H2,1-3H3,(H,45,56)(H,49,54,55)/t35-/m0/s1. The number of nitrogens with one attached hydrogen (secondary N) is 3. The number of imide groups is 1. The Labute approximate surface area is 329 Å². The Balaban J connectivity index is 0.858. The van der Waals surface area contributed by atoms with Gasteiger partial charge in [-0.2, -0.15) is 10.1 Å². The van der Waals surface area contributed by atoms with Gasteiger partial charge < -0.3 is 15.2 Å². The minimum absolute atomic E-state index is 0.0451. The molecule has 3 amide bonds. The van der Waals surface area contributed by atoms with Crippen LogP contribution >= 0.6 is 0 Å². The molecule has 0 bridgehead atoms. The highest BCUT2D eigenvalue weighted by molar-refractivity contribution is 6.01. The highest BCUT2D eigenvalue weighted by Gasteiger charge is 2.27. The molecule has 292 valence electrons. The number of nitrogens with zero attached hydrogens (tertiary/aromatic N) is 6. The summed E-state index contributed by atoms with van der Waals surface area (Å²) in [7, 11) is 0. The normalized spacial score (nSPS) is 16.8. The summed E-state index contributed by atoms with van der Waals surface area (Å²) in [4.78, 5) is 47.3. The predicted molar refractivity (Wildman–Crippen MR) is 211 cm³/mol. The first-order valence-electron chi connectivity index (χ1n) is 19.2. The van der Waals surface area contributed by atoms with E-state index in [0.717, 1.165) is 54.8 Å². The van der Waals surface area contributed by atoms with Gasteiger partial charge >= 0.3 is 0 Å². The van der Waals surface area contributed by atoms with Crippen LogP contribution in [0.15, 0.2) is 89.8 Å². The number of piperidine rings is 2. The predicted octanol–water partition coefficient (Wildman–Crippen LogP) is 6.41. The van der Waals surface area contributed by atoms with Crippen LogP contribution in [0.3, 0.4) is 0 Å². The molecule has 2 fully saturated rings. The van der Waals surface area contributed by atoms with Gasteiger partial charge in [-0.3, -0.25) is 24.6 Å². The van der Waals surface area contributed by atoms with Crippen LogP contribution in [0.2, 0.25) is 0 Å². The number of carbonyl (C=O) groups excluding carboxylic acids is 3. The quantitative estimate of drug-likeness (QED) is 0.133. The van der Waals surface area contributed by atoms with Crippen molar-refractivity contribution < 1.29 is 23.3 Å². The minimum atomic E-state index is -0.548. The third-order valence-electron chi connectivity index (χ3n) is 10.7. The van der Waals surface area contributed by atoms with Gasteiger partial charge in [0, 0.05) is 53.5 Å². The topological polar surface area (TPSA) is 160 Å². The second-order valence-corrected chi connectivity index (χ2v) is 15.8. The van der Waals surface area contributed by atoms with E-state index in [-0.39, 0.29) is 30.2 Å². The van der Waals surface area contributed by atoms with Crippen LogP contribution in [0, 0.1) is 5.82 Å². The lowest BCUT2D eigenvalue weighted by atomic mass is 9.89. The Morgan fingerprint density at radius 1 is 0.947 bits per heavy atom. The monoisotopic (exact) mass is 769 g/mol. The Morgan fingerprint density at radius 2 is 1.70 bits per heavy atom. The molecule has 14 heteroatoms. The largest absolute Gasteiger partial charge is 0.374 e. The van der Waals surface area contributed by atoms with Crippen molar-refractivity contribution in [3.63, 3.8) is 0 Å². The second kappa shape index (κ2) is 15.7. The van der Waals surface area contributed by atoms with Crippen LogP contribution in [0.4, 0.5) is 10.1 Å². The Bertz CT molecular complexity index is 2430. The highest BCUT2D eigenvalue weighted by atomic mass is 19.1. The van der Waals surface area contributed by atoms with E-state index < -0.39 is 17.1 Å². The molecule has 3 aromatic carbocycles. The lowest BCUT2D eigenvalue weighted by Crippen LogP contribution is -2.47. The first kappa shape index (κ1) is 37.6. The third kappa shape index (κ3) is 8.46. The SMILES string of the molecule is CC(C)(C)c1nc(C(=O)NCc2ccc(-c3ncnn4cc(-c5ccc(CN6CCC(c7ccc(N[C@H]8CCC(=O)NC8=O)cc7)CC6)cc5)cc34)cc2F)no1. The van der Waals surface area contributed by atoms with Crippen LogP contribution in [-0.2, 0) is 28.1 Å². The molecule has 2 aliphatic rings. The molecule has 6 aromatic rings. The van der Waals surface area contributed by atoms with Gasteiger partial charge in [-0.15, -0.1) is 0 Å². The number of hydrogen-bond acceptors (Lipinski definition) is 10. The summed E-state index contributed by atoms with van der Waals surface area (Å²) in [5, 5.41) is 16.5. The number of anilines is 1. The molecule has 0 saturated carbocycles. The first-order chi connectivity index (χ1) is 27.5. The number of likely N-dealkylation sites (tertiary alicyclic amines) is 1. The summed E-state index contributed by atoms with van der Waals surface area (Å²) in [6.45, 7) is 8.54. The van der Waals surface area contributed by atoms with Gasteiger partial charge in [0.1, 0.15) is 18.2 Å². The Morgan fingerprint density at radius 3 is 2.40 bits per heavy atom. The fourth-order valence-electron chi connectivity index (χ4n) is 7.39. The van der Waals surface area contributed by atoms with E-state index in [4.69, 9.17) is 4.52 Å². The number of halogens is 1. The number of hydrogen-bond donors (Lipinski definition) is 3. The van der Waals surface area contributed by atoms with Crippen molar-refractivity contribution in [2.75, 3.05) is 18.4 Å². The van der Waals surface area contributed by atoms with E-state index in [0.29, 0.717) is 41.5 Å². The average Bonchev–Trinajstić information content (AvgIpc) is 3.89. The van der Waals surface area contributed by atoms with Crippen LogP contribution in [0.1, 0.15) is 85.6 Å². The Kier molecular flexibility index (Phi) is 10.4. The number of benzene rings is 3. The molecule has 0 spiro atoms. The molecular weight excluding hydrogens is 726 g/mol. The molecule has 13 nitrogen and oxygen atoms in total. The highest BCUT2D eigenvalue weighted by Crippen LogP contribution is 2.32. The molecule has 2 saturated heterocycles. The van der Waals surface area contributed by atoms with Gasteiger partial charge in [-0.25, -0.2) is 13.9 Å². The van der Waals surface area contributed by atoms with E-state index in [9.17, 15) is 14.4 Å². The molecule has 57 heavy (non-hydrogen) atoms. The minimum Gasteiger partial charge on any atom is -0.374 e. The van der Waals surface area contributed by atoms with Crippen molar-refractivity contribution in [3.8, 4) is 22.4 Å². The molecule has 0 unspecified atom stereocenters. The number of carbonyl (C=O) groups is 3. The zero-order valence-corrected chi connectivity index (χ0v) is 32.1. The van der Waals surface area contributed by atoms with Gasteiger partial charge in [0.2, 0.25) is 17.7 Å². The van der Waals surface area contributed by atoms with Crippen LogP contribution < -0.4 is 16.0 Å². The van der Waals surface area contributed by atoms with Crippen molar-refractivity contribution >= 4 is 28.9 Å². The molecule has 2 aliphatic heterocycles. The van der Waals surface area contributed by atoms with Crippen LogP contribution in [0.25, 0.3) is 27.9 Å². The molecule has 5 heterocycles. The Hall–Kier alpha value is -6.28. The van der Waals surface area contributed by atoms with Crippen molar-refractivity contribution in [1.82, 2.24) is 40.3 Å². The molecule has 3 aromatic heterocycles. The van der Waals surface area contributed by atoms with E-state index >= 15 is 4.39 Å². The summed E-state index contributed by atoms with van der Waals surface area (Å²) in [6, 6.07) is 23.4. The summed E-state index contributed by atoms with van der Waals surface area (Å²) < 4.78 is 22.3. The van der Waals surface area contributed by atoms with Gasteiger partial charge in [0.05, 0.1) is 11.2 Å². The van der Waals surface area contributed by atoms with Crippen molar-refractivity contribution in [3.05, 3.63) is 120 Å². The number of aromatic nitrogens is 5. The van der Waals surface area contributed by atoms with Gasteiger partial charge in [0.25, 0.3) is 11.7 Å². The van der Waals surface area contributed by atoms with Crippen molar-refractivity contribution in [2.24, 2.45) is 0 Å². The lowest BCUT2D eigenvalue weighted by molar-refractivity contribution is -0.133. The van der Waals surface area contributed by atoms with Gasteiger partial charge in [-0.05, 0) is 79.2 Å². The van der Waals surface area contributed by atoms with Crippen LogP contribution in [0.5, 0.6) is 0 Å². The molecule has 0 radical (unpaired) electrons. The fourth-order valence-corrected chi connectivity index (χ4v) is 7.39. The second-order valence-electron chi connectivity index (χ2n) is 15.8. The van der Waals surface area contributed by atoms with E-state index in [1.807, 2.05) is 45.2 Å². The van der Waals surface area contributed by atoms with Gasteiger partial charge in [-0.1, -0.05) is 74.5 Å². The zero-order chi connectivity index (χ0) is 39.7. The number of fused-ring (bicyclic) bond motifs is 1. The summed E-state index contributed by atoms with van der Waals surface area (Å²) in [6.07, 6.45) is 6.40. The molecule has 1 atom stereocenters. The average molecular weight is 770 g/mol. The molecular formula is C43H44FN9O4. The summed E-state index contributed by atoms with van der Waals surface area (Å²) >= 11 is 0. The first-order valence-corrected chi connectivity index (χ1v) is 19.2. The fraction of sp³-hybridized carbons (Fsp3) is 0.326. The van der Waals surface area contributed by atoms with E-state index in [1.54, 1.807) is 16.6 Å². The molecule has 3 N–H and O–H groups in total. The third-order valence-corrected chi connectivity index (χ3v) is 10.7. The maximum atomic E-state index is 15.3.